The Kier molecular flexibility index (Phi) is 4.45. The molecule has 0 radical (unpaired) electrons. The molecule has 4 heterocycles. The lowest BCUT2D eigenvalue weighted by molar-refractivity contribution is 0.122. The largest absolute Gasteiger partial charge is 0.495 e. The van der Waals surface area contributed by atoms with E-state index in [1.165, 1.54) is 6.26 Å². The summed E-state index contributed by atoms with van der Waals surface area (Å²) in [4.78, 5) is 11.3. The van der Waals surface area contributed by atoms with Gasteiger partial charge in [0, 0.05) is 30.9 Å². The Morgan fingerprint density at radius 3 is 2.86 bits per heavy atom. The maximum Gasteiger partial charge on any atom is 0.184 e. The summed E-state index contributed by atoms with van der Waals surface area (Å²) < 4.78 is 16.0. The molecule has 148 valence electrons. The van der Waals surface area contributed by atoms with E-state index in [2.05, 4.69) is 35.5 Å². The SMILES string of the molecule is COc1cc(Nc2nc(-c3ccon3)nc3cn[nH]c23)ccc1N1CCOCC1. The van der Waals surface area contributed by atoms with Crippen LogP contribution in [0.3, 0.4) is 0 Å². The van der Waals surface area contributed by atoms with Crippen LogP contribution in [0, 0.1) is 0 Å². The van der Waals surface area contributed by atoms with Gasteiger partial charge < -0.3 is 24.2 Å². The first-order valence-electron chi connectivity index (χ1n) is 9.21. The summed E-state index contributed by atoms with van der Waals surface area (Å²) >= 11 is 0. The molecule has 0 spiro atoms. The van der Waals surface area contributed by atoms with Crippen molar-refractivity contribution in [2.45, 2.75) is 0 Å². The molecule has 0 aliphatic carbocycles. The van der Waals surface area contributed by atoms with Gasteiger partial charge in [0.05, 0.1) is 32.2 Å². The van der Waals surface area contributed by atoms with Crippen LogP contribution >= 0.6 is 0 Å². The lowest BCUT2D eigenvalue weighted by Gasteiger charge is -2.30. The minimum absolute atomic E-state index is 0.451. The van der Waals surface area contributed by atoms with Gasteiger partial charge in [-0.05, 0) is 12.1 Å². The predicted molar refractivity (Wildman–Crippen MR) is 106 cm³/mol. The number of morpholine rings is 1. The van der Waals surface area contributed by atoms with E-state index < -0.39 is 0 Å². The quantitative estimate of drug-likeness (QED) is 0.528. The molecular weight excluding hydrogens is 374 g/mol. The number of benzene rings is 1. The van der Waals surface area contributed by atoms with Crippen molar-refractivity contribution in [3.63, 3.8) is 0 Å². The summed E-state index contributed by atoms with van der Waals surface area (Å²) in [5, 5.41) is 14.3. The van der Waals surface area contributed by atoms with Crippen LogP contribution < -0.4 is 15.0 Å². The molecule has 1 aliphatic rings. The Labute approximate surface area is 165 Å². The molecule has 1 aliphatic heterocycles. The van der Waals surface area contributed by atoms with Gasteiger partial charge in [0.1, 0.15) is 23.0 Å². The first kappa shape index (κ1) is 17.4. The zero-order valence-corrected chi connectivity index (χ0v) is 15.8. The van der Waals surface area contributed by atoms with E-state index in [9.17, 15) is 0 Å². The second-order valence-corrected chi connectivity index (χ2v) is 6.52. The van der Waals surface area contributed by atoms with E-state index >= 15 is 0 Å². The van der Waals surface area contributed by atoms with Crippen molar-refractivity contribution >= 4 is 28.2 Å². The van der Waals surface area contributed by atoms with E-state index in [1.54, 1.807) is 19.4 Å². The standard InChI is InChI=1S/C19H19N7O3/c1-27-16-10-12(2-3-15(16)26-5-8-28-9-6-26)21-19-17-14(11-20-24-17)22-18(23-19)13-4-7-29-25-13/h2-4,7,10-11H,5-6,8-9H2,1H3,(H,20,24)(H,21,22,23). The van der Waals surface area contributed by atoms with Gasteiger partial charge >= 0.3 is 0 Å². The normalized spacial score (nSPS) is 14.3. The molecule has 0 atom stereocenters. The molecular formula is C19H19N7O3. The van der Waals surface area contributed by atoms with E-state index in [0.717, 1.165) is 30.2 Å². The molecule has 4 aromatic rings. The van der Waals surface area contributed by atoms with E-state index in [4.69, 9.17) is 14.0 Å². The molecule has 1 saturated heterocycles. The van der Waals surface area contributed by atoms with E-state index in [0.29, 0.717) is 41.6 Å². The van der Waals surface area contributed by atoms with Crippen molar-refractivity contribution in [3.8, 4) is 17.3 Å². The second kappa shape index (κ2) is 7.40. The van der Waals surface area contributed by atoms with Crippen molar-refractivity contribution < 1.29 is 14.0 Å². The van der Waals surface area contributed by atoms with Crippen molar-refractivity contribution in [2.75, 3.05) is 43.6 Å². The maximum atomic E-state index is 5.63. The van der Waals surface area contributed by atoms with Gasteiger partial charge in [-0.3, -0.25) is 5.10 Å². The van der Waals surface area contributed by atoms with Crippen LogP contribution in [0.5, 0.6) is 5.75 Å². The van der Waals surface area contributed by atoms with Gasteiger partial charge in [-0.15, -0.1) is 0 Å². The Morgan fingerprint density at radius 1 is 1.17 bits per heavy atom. The topological polar surface area (TPSA) is 114 Å². The number of fused-ring (bicyclic) bond motifs is 1. The Hall–Kier alpha value is -3.66. The van der Waals surface area contributed by atoms with Gasteiger partial charge in [0.2, 0.25) is 0 Å². The third-order valence-corrected chi connectivity index (χ3v) is 4.76. The zero-order chi connectivity index (χ0) is 19.6. The molecule has 10 nitrogen and oxygen atoms in total. The minimum Gasteiger partial charge on any atom is -0.495 e. The Bertz CT molecular complexity index is 1120. The monoisotopic (exact) mass is 393 g/mol. The van der Waals surface area contributed by atoms with Crippen LogP contribution in [0.15, 0.2) is 41.2 Å². The lowest BCUT2D eigenvalue weighted by atomic mass is 10.2. The number of ether oxygens (including phenoxy) is 2. The molecule has 10 heteroatoms. The highest BCUT2D eigenvalue weighted by atomic mass is 16.5. The number of anilines is 3. The number of aromatic amines is 1. The lowest BCUT2D eigenvalue weighted by Crippen LogP contribution is -2.36. The third-order valence-electron chi connectivity index (χ3n) is 4.76. The van der Waals surface area contributed by atoms with Crippen molar-refractivity contribution in [2.24, 2.45) is 0 Å². The van der Waals surface area contributed by atoms with Gasteiger partial charge in [-0.1, -0.05) is 5.16 Å². The second-order valence-electron chi connectivity index (χ2n) is 6.52. The average molecular weight is 393 g/mol. The van der Waals surface area contributed by atoms with Gasteiger partial charge in [0.15, 0.2) is 17.3 Å². The van der Waals surface area contributed by atoms with Crippen LogP contribution in [0.1, 0.15) is 0 Å². The van der Waals surface area contributed by atoms with Crippen LogP contribution in [-0.2, 0) is 4.74 Å². The molecule has 0 saturated carbocycles. The van der Waals surface area contributed by atoms with Crippen molar-refractivity contribution in [3.05, 3.63) is 36.7 Å². The maximum absolute atomic E-state index is 5.63. The summed E-state index contributed by atoms with van der Waals surface area (Å²) in [6, 6.07) is 7.69. The number of H-pyrrole nitrogens is 1. The number of aromatic nitrogens is 5. The number of methoxy groups -OCH3 is 1. The summed E-state index contributed by atoms with van der Waals surface area (Å²) in [6.07, 6.45) is 3.13. The molecule has 0 amide bonds. The first-order chi connectivity index (χ1) is 14.3. The first-order valence-corrected chi connectivity index (χ1v) is 9.21. The van der Waals surface area contributed by atoms with E-state index in [1.807, 2.05) is 18.2 Å². The molecule has 3 aromatic heterocycles. The highest BCUT2D eigenvalue weighted by Gasteiger charge is 2.17. The Balaban J connectivity index is 1.50. The highest BCUT2D eigenvalue weighted by molar-refractivity contribution is 5.88. The molecule has 1 aromatic carbocycles. The zero-order valence-electron chi connectivity index (χ0n) is 15.8. The summed E-state index contributed by atoms with van der Waals surface area (Å²) in [7, 11) is 1.67. The summed E-state index contributed by atoms with van der Waals surface area (Å²) in [6.45, 7) is 3.11. The molecule has 29 heavy (non-hydrogen) atoms. The smallest absolute Gasteiger partial charge is 0.184 e. The molecule has 0 unspecified atom stereocenters. The highest BCUT2D eigenvalue weighted by Crippen LogP contribution is 2.33. The number of rotatable bonds is 5. The number of hydrogen-bond acceptors (Lipinski definition) is 9. The number of nitrogens with one attached hydrogen (secondary N) is 2. The van der Waals surface area contributed by atoms with Crippen LogP contribution in [-0.4, -0.2) is 58.7 Å². The molecule has 5 rings (SSSR count). The average Bonchev–Trinajstić information content (AvgIpc) is 3.46. The fourth-order valence-electron chi connectivity index (χ4n) is 3.33. The van der Waals surface area contributed by atoms with Crippen molar-refractivity contribution in [1.29, 1.82) is 0 Å². The van der Waals surface area contributed by atoms with E-state index in [-0.39, 0.29) is 0 Å². The molecule has 1 fully saturated rings. The minimum atomic E-state index is 0.451. The number of nitrogens with zero attached hydrogens (tertiary/aromatic N) is 5. The van der Waals surface area contributed by atoms with Crippen LogP contribution in [0.2, 0.25) is 0 Å². The Morgan fingerprint density at radius 2 is 2.07 bits per heavy atom. The van der Waals surface area contributed by atoms with Crippen molar-refractivity contribution in [1.82, 2.24) is 25.3 Å². The van der Waals surface area contributed by atoms with Gasteiger partial charge in [-0.25, -0.2) is 9.97 Å². The predicted octanol–water partition coefficient (Wildman–Crippen LogP) is 2.60. The van der Waals surface area contributed by atoms with Crippen LogP contribution in [0.25, 0.3) is 22.6 Å². The fourth-order valence-corrected chi connectivity index (χ4v) is 3.33. The third kappa shape index (κ3) is 3.34. The number of hydrogen-bond donors (Lipinski definition) is 2. The molecule has 0 bridgehead atoms. The van der Waals surface area contributed by atoms with Gasteiger partial charge in [0.25, 0.3) is 0 Å². The molecule has 2 N–H and O–H groups in total. The van der Waals surface area contributed by atoms with Crippen LogP contribution in [0.4, 0.5) is 17.2 Å². The summed E-state index contributed by atoms with van der Waals surface area (Å²) in [5.74, 6) is 1.82. The summed E-state index contributed by atoms with van der Waals surface area (Å²) in [5.41, 5.74) is 3.81. The van der Waals surface area contributed by atoms with Gasteiger partial charge in [-0.2, -0.15) is 5.10 Å². The fraction of sp³-hybridized carbons (Fsp3) is 0.263.